The van der Waals surface area contributed by atoms with E-state index in [1.54, 1.807) is 34.2 Å². The van der Waals surface area contributed by atoms with Gasteiger partial charge in [-0.15, -0.1) is 0 Å². The van der Waals surface area contributed by atoms with Crippen LogP contribution in [0.2, 0.25) is 0 Å². The molecule has 7 heteroatoms. The first-order valence-electron chi connectivity index (χ1n) is 10.3. The second-order valence-electron chi connectivity index (χ2n) is 7.74. The molecule has 156 valence electrons. The minimum atomic E-state index is -0.347. The molecule has 3 heterocycles. The van der Waals surface area contributed by atoms with Gasteiger partial charge in [0.1, 0.15) is 5.69 Å². The van der Waals surface area contributed by atoms with Crippen molar-refractivity contribution in [2.24, 2.45) is 0 Å². The van der Waals surface area contributed by atoms with Gasteiger partial charge in [0.25, 0.3) is 5.91 Å². The van der Waals surface area contributed by atoms with Crippen LogP contribution in [0.1, 0.15) is 22.0 Å². The SMILES string of the molecule is O=C(Nc1ccccc1)N1C[C@H]2[C@@H](c3ccccc31)[C@H](CO)N2C(=O)c1ccccn1. The first-order valence-corrected chi connectivity index (χ1v) is 10.3. The van der Waals surface area contributed by atoms with Crippen LogP contribution in [-0.2, 0) is 0 Å². The highest BCUT2D eigenvalue weighted by Crippen LogP contribution is 2.48. The lowest BCUT2D eigenvalue weighted by Gasteiger charge is -2.58. The molecular weight excluding hydrogens is 392 g/mol. The molecule has 2 N–H and O–H groups in total. The number of fused-ring (bicyclic) bond motifs is 3. The molecule has 0 radical (unpaired) electrons. The van der Waals surface area contributed by atoms with E-state index in [-0.39, 0.29) is 36.5 Å². The number of nitrogens with one attached hydrogen (secondary N) is 1. The van der Waals surface area contributed by atoms with Gasteiger partial charge in [0.05, 0.1) is 18.7 Å². The molecule has 1 fully saturated rings. The maximum absolute atomic E-state index is 13.2. The van der Waals surface area contributed by atoms with Crippen LogP contribution >= 0.6 is 0 Å². The standard InChI is InChI=1S/C24H22N4O3/c29-15-21-22-17-10-4-5-12-19(17)27(24(31)26-16-8-2-1-3-9-16)14-20(22)28(21)23(30)18-11-6-7-13-25-18/h1-13,20-22,29H,14-15H2,(H,26,31)/t20-,21-,22+/m0/s1. The number of benzene rings is 2. The fraction of sp³-hybridized carbons (Fsp3) is 0.208. The summed E-state index contributed by atoms with van der Waals surface area (Å²) >= 11 is 0. The Bertz CT molecular complexity index is 1110. The molecule has 2 aliphatic heterocycles. The Balaban J connectivity index is 1.48. The van der Waals surface area contributed by atoms with Gasteiger partial charge in [0.15, 0.2) is 0 Å². The number of anilines is 2. The van der Waals surface area contributed by atoms with Gasteiger partial charge in [-0.25, -0.2) is 4.79 Å². The Morgan fingerprint density at radius 3 is 2.48 bits per heavy atom. The fourth-order valence-corrected chi connectivity index (χ4v) is 4.69. The largest absolute Gasteiger partial charge is 0.394 e. The number of carbonyl (C=O) groups is 2. The van der Waals surface area contributed by atoms with E-state index in [0.717, 1.165) is 11.3 Å². The molecule has 3 amide bonds. The van der Waals surface area contributed by atoms with Gasteiger partial charge in [-0.2, -0.15) is 0 Å². The third-order valence-corrected chi connectivity index (χ3v) is 6.08. The lowest BCUT2D eigenvalue weighted by atomic mass is 9.72. The normalized spacial score (nSPS) is 21.5. The van der Waals surface area contributed by atoms with Crippen LogP contribution in [0.3, 0.4) is 0 Å². The van der Waals surface area contributed by atoms with Crippen molar-refractivity contribution in [1.29, 1.82) is 0 Å². The van der Waals surface area contributed by atoms with Gasteiger partial charge in [0, 0.05) is 30.0 Å². The van der Waals surface area contributed by atoms with Gasteiger partial charge in [-0.1, -0.05) is 42.5 Å². The zero-order valence-electron chi connectivity index (χ0n) is 16.8. The van der Waals surface area contributed by atoms with Gasteiger partial charge in [-0.3, -0.25) is 14.7 Å². The second-order valence-corrected chi connectivity index (χ2v) is 7.74. The summed E-state index contributed by atoms with van der Waals surface area (Å²) in [7, 11) is 0. The van der Waals surface area contributed by atoms with Gasteiger partial charge in [-0.05, 0) is 35.9 Å². The molecule has 0 spiro atoms. The van der Waals surface area contributed by atoms with Gasteiger partial charge < -0.3 is 15.3 Å². The Morgan fingerprint density at radius 2 is 1.74 bits per heavy atom. The number of hydrogen-bond acceptors (Lipinski definition) is 4. The summed E-state index contributed by atoms with van der Waals surface area (Å²) in [6.07, 6.45) is 1.58. The number of nitrogens with zero attached hydrogens (tertiary/aromatic N) is 3. The number of carbonyl (C=O) groups excluding carboxylic acids is 2. The maximum atomic E-state index is 13.2. The first kappa shape index (κ1) is 19.3. The summed E-state index contributed by atoms with van der Waals surface area (Å²) in [5, 5.41) is 13.0. The van der Waals surface area contributed by atoms with Crippen molar-refractivity contribution in [3.8, 4) is 0 Å². The maximum Gasteiger partial charge on any atom is 0.326 e. The van der Waals surface area contributed by atoms with E-state index in [2.05, 4.69) is 10.3 Å². The van der Waals surface area contributed by atoms with Crippen LogP contribution in [0.4, 0.5) is 16.2 Å². The fourth-order valence-electron chi connectivity index (χ4n) is 4.69. The van der Waals surface area contributed by atoms with Crippen molar-refractivity contribution < 1.29 is 14.7 Å². The summed E-state index contributed by atoms with van der Waals surface area (Å²) in [4.78, 5) is 33.8. The monoisotopic (exact) mass is 414 g/mol. The molecule has 31 heavy (non-hydrogen) atoms. The molecule has 2 aromatic carbocycles. The molecular formula is C24H22N4O3. The average Bonchev–Trinajstić information content (AvgIpc) is 2.80. The van der Waals surface area contributed by atoms with Crippen molar-refractivity contribution in [3.63, 3.8) is 0 Å². The number of rotatable bonds is 3. The number of aliphatic hydroxyl groups is 1. The highest BCUT2D eigenvalue weighted by molar-refractivity contribution is 6.03. The molecule has 0 saturated carbocycles. The molecule has 7 nitrogen and oxygen atoms in total. The quantitative estimate of drug-likeness (QED) is 0.690. The highest BCUT2D eigenvalue weighted by atomic mass is 16.3. The molecule has 3 aromatic rings. The summed E-state index contributed by atoms with van der Waals surface area (Å²) < 4.78 is 0. The summed E-state index contributed by atoms with van der Waals surface area (Å²) in [5.74, 6) is -0.265. The Kier molecular flexibility index (Phi) is 4.88. The van der Waals surface area contributed by atoms with Crippen LogP contribution in [0.15, 0.2) is 79.0 Å². The van der Waals surface area contributed by atoms with Crippen molar-refractivity contribution >= 4 is 23.3 Å². The Morgan fingerprint density at radius 1 is 1.00 bits per heavy atom. The van der Waals surface area contributed by atoms with Crippen molar-refractivity contribution in [2.75, 3.05) is 23.4 Å². The van der Waals surface area contributed by atoms with E-state index >= 15 is 0 Å². The van der Waals surface area contributed by atoms with Crippen LogP contribution in [0.25, 0.3) is 0 Å². The molecule has 0 bridgehead atoms. The van der Waals surface area contributed by atoms with Gasteiger partial charge >= 0.3 is 6.03 Å². The van der Waals surface area contributed by atoms with E-state index in [1.807, 2.05) is 54.6 Å². The van der Waals surface area contributed by atoms with Crippen molar-refractivity contribution in [3.05, 3.63) is 90.3 Å². The number of urea groups is 1. The minimum absolute atomic E-state index is 0.0327. The van der Waals surface area contributed by atoms with Crippen molar-refractivity contribution in [1.82, 2.24) is 9.88 Å². The smallest absolute Gasteiger partial charge is 0.326 e. The molecule has 1 saturated heterocycles. The zero-order valence-corrected chi connectivity index (χ0v) is 16.8. The molecule has 2 aliphatic rings. The average molecular weight is 414 g/mol. The predicted octanol–water partition coefficient (Wildman–Crippen LogP) is 3.10. The lowest BCUT2D eigenvalue weighted by Crippen LogP contribution is -2.71. The van der Waals surface area contributed by atoms with E-state index in [0.29, 0.717) is 17.9 Å². The van der Waals surface area contributed by atoms with E-state index < -0.39 is 0 Å². The molecule has 3 atom stereocenters. The second kappa shape index (κ2) is 7.85. The number of para-hydroxylation sites is 2. The zero-order chi connectivity index (χ0) is 21.4. The predicted molar refractivity (Wildman–Crippen MR) is 117 cm³/mol. The minimum Gasteiger partial charge on any atom is -0.394 e. The summed E-state index contributed by atoms with van der Waals surface area (Å²) in [6, 6.07) is 21.3. The molecule has 0 aliphatic carbocycles. The van der Waals surface area contributed by atoms with Crippen molar-refractivity contribution in [2.45, 2.75) is 18.0 Å². The third kappa shape index (κ3) is 3.23. The highest BCUT2D eigenvalue weighted by Gasteiger charge is 2.55. The molecule has 5 rings (SSSR count). The number of amides is 3. The Hall–Kier alpha value is -3.71. The first-order chi connectivity index (χ1) is 15.2. The topological polar surface area (TPSA) is 85.8 Å². The lowest BCUT2D eigenvalue weighted by molar-refractivity contribution is -0.0245. The number of likely N-dealkylation sites (tertiary alicyclic amines) is 1. The van der Waals surface area contributed by atoms with Crippen LogP contribution in [-0.4, -0.2) is 52.2 Å². The molecule has 0 unspecified atom stereocenters. The van der Waals surface area contributed by atoms with E-state index in [4.69, 9.17) is 0 Å². The van der Waals surface area contributed by atoms with E-state index in [1.165, 1.54) is 0 Å². The van der Waals surface area contributed by atoms with Crippen LogP contribution in [0, 0.1) is 0 Å². The van der Waals surface area contributed by atoms with Crippen LogP contribution < -0.4 is 10.2 Å². The van der Waals surface area contributed by atoms with Crippen LogP contribution in [0.5, 0.6) is 0 Å². The molecule has 1 aromatic heterocycles. The van der Waals surface area contributed by atoms with E-state index in [9.17, 15) is 14.7 Å². The van der Waals surface area contributed by atoms with Gasteiger partial charge in [0.2, 0.25) is 0 Å². The number of hydrogen-bond donors (Lipinski definition) is 2. The number of aliphatic hydroxyl groups excluding tert-OH is 1. The summed E-state index contributed by atoms with van der Waals surface area (Å²) in [5.41, 5.74) is 2.81. The third-order valence-electron chi connectivity index (χ3n) is 6.08. The summed E-state index contributed by atoms with van der Waals surface area (Å²) in [6.45, 7) is 0.194. The number of aromatic nitrogens is 1. The Labute approximate surface area is 179 Å². The number of pyridine rings is 1.